The Bertz CT molecular complexity index is 606. The van der Waals surface area contributed by atoms with Crippen LogP contribution in [0.1, 0.15) is 19.3 Å². The van der Waals surface area contributed by atoms with Gasteiger partial charge in [0.25, 0.3) is 0 Å². The van der Waals surface area contributed by atoms with Gasteiger partial charge in [-0.25, -0.2) is 8.42 Å². The molecule has 2 aliphatic rings. The molecule has 3 rings (SSSR count). The summed E-state index contributed by atoms with van der Waals surface area (Å²) in [6.45, 7) is 3.17. The number of rotatable bonds is 3. The van der Waals surface area contributed by atoms with Gasteiger partial charge in [-0.1, -0.05) is 0 Å². The van der Waals surface area contributed by atoms with Crippen molar-refractivity contribution in [1.29, 1.82) is 0 Å². The predicted molar refractivity (Wildman–Crippen MR) is 80.0 cm³/mol. The summed E-state index contributed by atoms with van der Waals surface area (Å²) in [6, 6.07) is 1.92. The van der Waals surface area contributed by atoms with Gasteiger partial charge < -0.3 is 5.43 Å². The van der Waals surface area contributed by atoms with Gasteiger partial charge in [-0.3, -0.25) is 15.7 Å². The summed E-state index contributed by atoms with van der Waals surface area (Å²) in [4.78, 5) is 6.49. The van der Waals surface area contributed by atoms with Crippen molar-refractivity contribution >= 4 is 15.7 Å². The molecular weight excluding hydrogens is 290 g/mol. The van der Waals surface area contributed by atoms with E-state index in [1.807, 2.05) is 0 Å². The van der Waals surface area contributed by atoms with E-state index in [1.165, 1.54) is 12.4 Å². The van der Waals surface area contributed by atoms with E-state index in [-0.39, 0.29) is 4.90 Å². The molecule has 2 fully saturated rings. The first kappa shape index (κ1) is 14.7. The third-order valence-corrected chi connectivity index (χ3v) is 6.22. The largest absolute Gasteiger partial charge is 0.323 e. The number of nitrogens with one attached hydrogen (secondary N) is 1. The van der Waals surface area contributed by atoms with Gasteiger partial charge in [-0.05, 0) is 38.4 Å². The first-order chi connectivity index (χ1) is 10.1. The summed E-state index contributed by atoms with van der Waals surface area (Å²) >= 11 is 0. The highest BCUT2D eigenvalue weighted by atomic mass is 32.2. The molecule has 1 aromatic rings. The molecule has 0 amide bonds. The topological polar surface area (TPSA) is 91.6 Å². The summed E-state index contributed by atoms with van der Waals surface area (Å²) < 4.78 is 27.3. The van der Waals surface area contributed by atoms with Crippen molar-refractivity contribution in [3.8, 4) is 0 Å². The van der Waals surface area contributed by atoms with Crippen molar-refractivity contribution in [1.82, 2.24) is 14.2 Å². The van der Waals surface area contributed by atoms with Crippen molar-refractivity contribution in [2.24, 2.45) is 5.84 Å². The Labute approximate surface area is 125 Å². The number of fused-ring (bicyclic) bond motifs is 1. The average molecular weight is 311 g/mol. The van der Waals surface area contributed by atoms with E-state index in [1.54, 1.807) is 10.4 Å². The molecule has 1 aromatic heterocycles. The number of nitrogen functional groups attached to an aromatic ring is 1. The Morgan fingerprint density at radius 2 is 2.10 bits per heavy atom. The highest BCUT2D eigenvalue weighted by Gasteiger charge is 2.35. The third kappa shape index (κ3) is 2.76. The molecular formula is C13H21N5O2S. The monoisotopic (exact) mass is 311 g/mol. The van der Waals surface area contributed by atoms with Crippen molar-refractivity contribution in [2.75, 3.05) is 31.6 Å². The van der Waals surface area contributed by atoms with Gasteiger partial charge in [0.15, 0.2) is 0 Å². The van der Waals surface area contributed by atoms with E-state index in [2.05, 4.69) is 15.3 Å². The summed E-state index contributed by atoms with van der Waals surface area (Å²) in [5.74, 6) is 5.42. The first-order valence-corrected chi connectivity index (χ1v) is 8.72. The molecule has 21 heavy (non-hydrogen) atoms. The standard InChI is InChI=1S/C13H21N5O2S/c14-16-12-4-5-15-9-13(12)21(19,20)18-8-2-7-17-6-1-3-11(17)10-18/h4-5,9,11H,1-3,6-8,10,14H2,(H,15,16). The molecule has 2 saturated heterocycles. The average Bonchev–Trinajstić information content (AvgIpc) is 2.83. The van der Waals surface area contributed by atoms with Gasteiger partial charge in [0.2, 0.25) is 10.0 Å². The number of sulfonamides is 1. The first-order valence-electron chi connectivity index (χ1n) is 7.28. The molecule has 3 N–H and O–H groups in total. The number of hydrogen-bond acceptors (Lipinski definition) is 6. The lowest BCUT2D eigenvalue weighted by Gasteiger charge is -2.25. The third-order valence-electron chi connectivity index (χ3n) is 4.32. The Kier molecular flexibility index (Phi) is 4.12. The van der Waals surface area contributed by atoms with Crippen LogP contribution in [0.3, 0.4) is 0 Å². The van der Waals surface area contributed by atoms with E-state index < -0.39 is 10.0 Å². The molecule has 0 bridgehead atoms. The van der Waals surface area contributed by atoms with E-state index >= 15 is 0 Å². The van der Waals surface area contributed by atoms with E-state index in [0.717, 1.165) is 32.4 Å². The Balaban J connectivity index is 1.90. The fraction of sp³-hybridized carbons (Fsp3) is 0.615. The molecule has 0 radical (unpaired) electrons. The van der Waals surface area contributed by atoms with E-state index in [4.69, 9.17) is 5.84 Å². The smallest absolute Gasteiger partial charge is 0.246 e. The van der Waals surface area contributed by atoms with Crippen LogP contribution in [0, 0.1) is 0 Å². The van der Waals surface area contributed by atoms with E-state index in [9.17, 15) is 8.42 Å². The quantitative estimate of drug-likeness (QED) is 0.613. The maximum atomic E-state index is 12.9. The summed E-state index contributed by atoms with van der Waals surface area (Å²) in [5, 5.41) is 0. The van der Waals surface area contributed by atoms with Crippen molar-refractivity contribution < 1.29 is 8.42 Å². The van der Waals surface area contributed by atoms with Gasteiger partial charge in [-0.15, -0.1) is 0 Å². The van der Waals surface area contributed by atoms with Crippen molar-refractivity contribution in [2.45, 2.75) is 30.2 Å². The minimum atomic E-state index is -3.57. The van der Waals surface area contributed by atoms with E-state index in [0.29, 0.717) is 24.8 Å². The van der Waals surface area contributed by atoms with Crippen LogP contribution in [-0.4, -0.2) is 54.8 Å². The number of anilines is 1. The van der Waals surface area contributed by atoms with Crippen LogP contribution in [0.5, 0.6) is 0 Å². The van der Waals surface area contributed by atoms with Gasteiger partial charge in [-0.2, -0.15) is 4.31 Å². The number of aromatic nitrogens is 1. The zero-order valence-corrected chi connectivity index (χ0v) is 12.7. The lowest BCUT2D eigenvalue weighted by Crippen LogP contribution is -2.39. The second-order valence-corrected chi connectivity index (χ2v) is 7.47. The van der Waals surface area contributed by atoms with Crippen LogP contribution in [0.4, 0.5) is 5.69 Å². The highest BCUT2D eigenvalue weighted by molar-refractivity contribution is 7.89. The SMILES string of the molecule is NNc1ccncc1S(=O)(=O)N1CCCN2CCCC2C1. The van der Waals surface area contributed by atoms with Gasteiger partial charge in [0.05, 0.1) is 5.69 Å². The van der Waals surface area contributed by atoms with Crippen LogP contribution in [-0.2, 0) is 10.0 Å². The predicted octanol–water partition coefficient (Wildman–Crippen LogP) is 0.226. The molecule has 1 unspecified atom stereocenters. The fourth-order valence-electron chi connectivity index (χ4n) is 3.23. The molecule has 0 saturated carbocycles. The number of pyridine rings is 1. The summed E-state index contributed by atoms with van der Waals surface area (Å²) in [5.41, 5.74) is 2.83. The molecule has 2 aliphatic heterocycles. The summed E-state index contributed by atoms with van der Waals surface area (Å²) in [7, 11) is -3.57. The number of hydrogen-bond donors (Lipinski definition) is 2. The van der Waals surface area contributed by atoms with Crippen molar-refractivity contribution in [3.05, 3.63) is 18.5 Å². The number of hydrazine groups is 1. The van der Waals surface area contributed by atoms with Crippen LogP contribution in [0.15, 0.2) is 23.4 Å². The minimum Gasteiger partial charge on any atom is -0.323 e. The molecule has 0 spiro atoms. The molecule has 0 aromatic carbocycles. The van der Waals surface area contributed by atoms with Crippen LogP contribution in [0.25, 0.3) is 0 Å². The number of nitrogens with zero attached hydrogens (tertiary/aromatic N) is 3. The molecule has 1 atom stereocenters. The summed E-state index contributed by atoms with van der Waals surface area (Å²) in [6.07, 6.45) is 5.97. The van der Waals surface area contributed by atoms with Crippen LogP contribution in [0.2, 0.25) is 0 Å². The second kappa shape index (κ2) is 5.88. The molecule has 7 nitrogen and oxygen atoms in total. The minimum absolute atomic E-state index is 0.152. The van der Waals surface area contributed by atoms with Gasteiger partial charge in [0, 0.05) is 31.5 Å². The zero-order chi connectivity index (χ0) is 14.9. The zero-order valence-electron chi connectivity index (χ0n) is 11.9. The Morgan fingerprint density at radius 3 is 2.90 bits per heavy atom. The highest BCUT2D eigenvalue weighted by Crippen LogP contribution is 2.27. The molecule has 0 aliphatic carbocycles. The van der Waals surface area contributed by atoms with Crippen LogP contribution < -0.4 is 11.3 Å². The molecule has 3 heterocycles. The maximum absolute atomic E-state index is 12.9. The lowest BCUT2D eigenvalue weighted by molar-refractivity contribution is 0.257. The Hall–Kier alpha value is -1.22. The molecule has 8 heteroatoms. The second-order valence-electron chi connectivity index (χ2n) is 5.56. The molecule has 116 valence electrons. The van der Waals surface area contributed by atoms with Gasteiger partial charge in [0.1, 0.15) is 4.90 Å². The van der Waals surface area contributed by atoms with Gasteiger partial charge >= 0.3 is 0 Å². The fourth-order valence-corrected chi connectivity index (χ4v) is 4.85. The number of nitrogens with two attached hydrogens (primary N) is 1. The lowest BCUT2D eigenvalue weighted by atomic mass is 10.2. The maximum Gasteiger partial charge on any atom is 0.246 e. The normalized spacial score (nSPS) is 24.5. The van der Waals surface area contributed by atoms with Crippen molar-refractivity contribution in [3.63, 3.8) is 0 Å². The van der Waals surface area contributed by atoms with Crippen LogP contribution >= 0.6 is 0 Å². The Morgan fingerprint density at radius 1 is 1.29 bits per heavy atom.